The summed E-state index contributed by atoms with van der Waals surface area (Å²) in [5.74, 6) is 1.04. The molecular weight excluding hydrogens is 288 g/mol. The normalized spacial score (nSPS) is 18.8. The maximum absolute atomic E-state index is 9.44. The van der Waals surface area contributed by atoms with E-state index in [0.29, 0.717) is 23.3 Å². The van der Waals surface area contributed by atoms with Crippen LogP contribution in [0.2, 0.25) is 0 Å². The molecule has 5 nitrogen and oxygen atoms in total. The van der Waals surface area contributed by atoms with E-state index >= 15 is 0 Å². The Hall–Kier alpha value is -1.64. The standard InChI is InChI=1S/C18H28N4O/c1-14(2)17-8-7-15(12-19)18(21-17)20-9-5-11-22-10-4-3-6-16(22)13-23/h7-8,14,16,23H,3-6,9-11,13H2,1-2H3,(H,20,21). The van der Waals surface area contributed by atoms with E-state index in [1.165, 1.54) is 12.8 Å². The van der Waals surface area contributed by atoms with Crippen LogP contribution in [0.4, 0.5) is 5.82 Å². The van der Waals surface area contributed by atoms with Crippen LogP contribution >= 0.6 is 0 Å². The van der Waals surface area contributed by atoms with Crippen molar-refractivity contribution >= 4 is 5.82 Å². The first kappa shape index (κ1) is 17.7. The Morgan fingerprint density at radius 2 is 2.26 bits per heavy atom. The SMILES string of the molecule is CC(C)c1ccc(C#N)c(NCCCN2CCCCC2CO)n1. The third kappa shape index (κ3) is 4.92. The van der Waals surface area contributed by atoms with Gasteiger partial charge in [0.15, 0.2) is 0 Å². The molecular formula is C18H28N4O. The van der Waals surface area contributed by atoms with Gasteiger partial charge in [-0.3, -0.25) is 4.90 Å². The molecule has 2 N–H and O–H groups in total. The molecule has 1 unspecified atom stereocenters. The molecule has 1 aliphatic heterocycles. The maximum atomic E-state index is 9.44. The third-order valence-electron chi connectivity index (χ3n) is 4.50. The smallest absolute Gasteiger partial charge is 0.144 e. The van der Waals surface area contributed by atoms with E-state index in [1.807, 2.05) is 12.1 Å². The van der Waals surface area contributed by atoms with E-state index in [1.54, 1.807) is 0 Å². The van der Waals surface area contributed by atoms with E-state index in [2.05, 4.69) is 35.1 Å². The van der Waals surface area contributed by atoms with Crippen LogP contribution in [0.5, 0.6) is 0 Å². The summed E-state index contributed by atoms with van der Waals surface area (Å²) in [5, 5.41) is 22.0. The zero-order valence-corrected chi connectivity index (χ0v) is 14.3. The fourth-order valence-corrected chi connectivity index (χ4v) is 3.07. The number of anilines is 1. The zero-order chi connectivity index (χ0) is 16.7. The highest BCUT2D eigenvalue weighted by molar-refractivity contribution is 5.52. The summed E-state index contributed by atoms with van der Waals surface area (Å²) in [6.07, 6.45) is 4.52. The predicted molar refractivity (Wildman–Crippen MR) is 92.4 cm³/mol. The van der Waals surface area contributed by atoms with Gasteiger partial charge in [0, 0.05) is 24.8 Å². The van der Waals surface area contributed by atoms with E-state index in [9.17, 15) is 10.4 Å². The number of nitrogens with zero attached hydrogens (tertiary/aromatic N) is 3. The molecule has 2 heterocycles. The molecule has 0 bridgehead atoms. The van der Waals surface area contributed by atoms with Gasteiger partial charge in [0.05, 0.1) is 12.2 Å². The Morgan fingerprint density at radius 1 is 1.43 bits per heavy atom. The first-order chi connectivity index (χ1) is 11.2. The van der Waals surface area contributed by atoms with Crippen LogP contribution in [0.15, 0.2) is 12.1 Å². The van der Waals surface area contributed by atoms with Crippen LogP contribution in [0.25, 0.3) is 0 Å². The van der Waals surface area contributed by atoms with Crippen molar-refractivity contribution in [1.29, 1.82) is 5.26 Å². The first-order valence-electron chi connectivity index (χ1n) is 8.65. The summed E-state index contributed by atoms with van der Waals surface area (Å²) in [6, 6.07) is 6.29. The second-order valence-corrected chi connectivity index (χ2v) is 6.55. The minimum atomic E-state index is 0.254. The number of rotatable bonds is 7. The molecule has 1 aliphatic rings. The van der Waals surface area contributed by atoms with Crippen LogP contribution in [0.1, 0.15) is 56.7 Å². The molecule has 0 radical (unpaired) electrons. The molecule has 0 aliphatic carbocycles. The third-order valence-corrected chi connectivity index (χ3v) is 4.50. The topological polar surface area (TPSA) is 72.2 Å². The van der Waals surface area contributed by atoms with E-state index in [4.69, 9.17) is 0 Å². The van der Waals surface area contributed by atoms with Crippen molar-refractivity contribution in [1.82, 2.24) is 9.88 Å². The van der Waals surface area contributed by atoms with Crippen molar-refractivity contribution in [3.8, 4) is 6.07 Å². The number of nitriles is 1. The Bertz CT molecular complexity index is 538. The Balaban J connectivity index is 1.86. The predicted octanol–water partition coefficient (Wildman–Crippen LogP) is 2.73. The van der Waals surface area contributed by atoms with Crippen LogP contribution < -0.4 is 5.32 Å². The molecule has 1 aromatic heterocycles. The van der Waals surface area contributed by atoms with Gasteiger partial charge in [0.1, 0.15) is 11.9 Å². The van der Waals surface area contributed by atoms with Crippen LogP contribution in [-0.2, 0) is 0 Å². The van der Waals surface area contributed by atoms with Crippen LogP contribution in [0, 0.1) is 11.3 Å². The minimum absolute atomic E-state index is 0.254. The number of hydrogen-bond donors (Lipinski definition) is 2. The molecule has 0 amide bonds. The summed E-state index contributed by atoms with van der Waals surface area (Å²) in [4.78, 5) is 6.95. The lowest BCUT2D eigenvalue weighted by molar-refractivity contribution is 0.0901. The summed E-state index contributed by atoms with van der Waals surface area (Å²) in [6.45, 7) is 7.30. The molecule has 1 fully saturated rings. The van der Waals surface area contributed by atoms with Crippen molar-refractivity contribution in [2.75, 3.05) is 31.6 Å². The number of nitrogens with one attached hydrogen (secondary N) is 1. The molecule has 1 saturated heterocycles. The second kappa shape index (κ2) is 8.85. The van der Waals surface area contributed by atoms with Gasteiger partial charge in [-0.1, -0.05) is 20.3 Å². The molecule has 1 aromatic rings. The molecule has 0 saturated carbocycles. The zero-order valence-electron chi connectivity index (χ0n) is 14.3. The number of pyridine rings is 1. The Kier molecular flexibility index (Phi) is 6.82. The van der Waals surface area contributed by atoms with Crippen molar-refractivity contribution in [2.24, 2.45) is 0 Å². The number of likely N-dealkylation sites (tertiary alicyclic amines) is 1. The van der Waals surface area contributed by atoms with Gasteiger partial charge in [-0.15, -0.1) is 0 Å². The average molecular weight is 316 g/mol. The summed E-state index contributed by atoms with van der Waals surface area (Å²) >= 11 is 0. The lowest BCUT2D eigenvalue weighted by atomic mass is 10.0. The highest BCUT2D eigenvalue weighted by Crippen LogP contribution is 2.19. The Labute approximate surface area is 139 Å². The monoisotopic (exact) mass is 316 g/mol. The van der Waals surface area contributed by atoms with Gasteiger partial charge in [-0.2, -0.15) is 5.26 Å². The number of hydrogen-bond acceptors (Lipinski definition) is 5. The van der Waals surface area contributed by atoms with Crippen LogP contribution in [-0.4, -0.2) is 47.3 Å². The van der Waals surface area contributed by atoms with Gasteiger partial charge in [0.2, 0.25) is 0 Å². The van der Waals surface area contributed by atoms with Crippen molar-refractivity contribution < 1.29 is 5.11 Å². The summed E-state index contributed by atoms with van der Waals surface area (Å²) in [7, 11) is 0. The molecule has 23 heavy (non-hydrogen) atoms. The highest BCUT2D eigenvalue weighted by Gasteiger charge is 2.20. The van der Waals surface area contributed by atoms with Gasteiger partial charge in [-0.05, 0) is 43.9 Å². The summed E-state index contributed by atoms with van der Waals surface area (Å²) in [5.41, 5.74) is 1.60. The molecule has 1 atom stereocenters. The van der Waals surface area contributed by atoms with Crippen molar-refractivity contribution in [3.63, 3.8) is 0 Å². The number of aromatic nitrogens is 1. The van der Waals surface area contributed by atoms with E-state index in [0.717, 1.165) is 38.2 Å². The number of piperidine rings is 1. The largest absolute Gasteiger partial charge is 0.395 e. The van der Waals surface area contributed by atoms with E-state index < -0.39 is 0 Å². The first-order valence-corrected chi connectivity index (χ1v) is 8.65. The second-order valence-electron chi connectivity index (χ2n) is 6.55. The number of aliphatic hydroxyl groups is 1. The quantitative estimate of drug-likeness (QED) is 0.757. The van der Waals surface area contributed by atoms with Crippen molar-refractivity contribution in [2.45, 2.75) is 51.5 Å². The molecule has 5 heteroatoms. The van der Waals surface area contributed by atoms with Gasteiger partial charge in [0.25, 0.3) is 0 Å². The maximum Gasteiger partial charge on any atom is 0.144 e. The van der Waals surface area contributed by atoms with Crippen molar-refractivity contribution in [3.05, 3.63) is 23.4 Å². The molecule has 126 valence electrons. The van der Waals surface area contributed by atoms with Gasteiger partial charge >= 0.3 is 0 Å². The fraction of sp³-hybridized carbons (Fsp3) is 0.667. The van der Waals surface area contributed by atoms with Crippen LogP contribution in [0.3, 0.4) is 0 Å². The minimum Gasteiger partial charge on any atom is -0.395 e. The van der Waals surface area contributed by atoms with Gasteiger partial charge in [-0.25, -0.2) is 4.98 Å². The fourth-order valence-electron chi connectivity index (χ4n) is 3.07. The Morgan fingerprint density at radius 3 is 2.96 bits per heavy atom. The van der Waals surface area contributed by atoms with E-state index in [-0.39, 0.29) is 6.61 Å². The van der Waals surface area contributed by atoms with Gasteiger partial charge < -0.3 is 10.4 Å². The molecule has 2 rings (SSSR count). The number of aliphatic hydroxyl groups excluding tert-OH is 1. The molecule has 0 spiro atoms. The highest BCUT2D eigenvalue weighted by atomic mass is 16.3. The summed E-state index contributed by atoms with van der Waals surface area (Å²) < 4.78 is 0. The average Bonchev–Trinajstić information content (AvgIpc) is 2.58. The lowest BCUT2D eigenvalue weighted by Gasteiger charge is -2.34. The molecule has 0 aromatic carbocycles. The lowest BCUT2D eigenvalue weighted by Crippen LogP contribution is -2.42.